The van der Waals surface area contributed by atoms with Crippen molar-refractivity contribution in [1.82, 2.24) is 5.32 Å². The van der Waals surface area contributed by atoms with Crippen LogP contribution in [0.15, 0.2) is 0 Å². The molecule has 0 spiro atoms. The maximum absolute atomic E-state index is 9.12. The molecule has 0 aliphatic heterocycles. The van der Waals surface area contributed by atoms with Crippen molar-refractivity contribution in [2.24, 2.45) is 5.92 Å². The normalized spacial score (nSPS) is 28.4. The van der Waals surface area contributed by atoms with Crippen LogP contribution >= 0.6 is 0 Å². The fourth-order valence-corrected chi connectivity index (χ4v) is 2.04. The van der Waals surface area contributed by atoms with Crippen LogP contribution in [-0.2, 0) is 0 Å². The van der Waals surface area contributed by atoms with Gasteiger partial charge in [0.2, 0.25) is 0 Å². The summed E-state index contributed by atoms with van der Waals surface area (Å²) in [6.07, 6.45) is 4.22. The Morgan fingerprint density at radius 3 is 2.79 bits per heavy atom. The number of hydrogen-bond donors (Lipinski definition) is 2. The highest BCUT2D eigenvalue weighted by Crippen LogP contribution is 2.24. The quantitative estimate of drug-likeness (QED) is 0.718. The monoisotopic (exact) mass is 196 g/mol. The van der Waals surface area contributed by atoms with Crippen LogP contribution < -0.4 is 5.32 Å². The first-order chi connectivity index (χ1) is 6.57. The average molecular weight is 196 g/mol. The molecule has 80 valence electrons. The fraction of sp³-hybridized carbons (Fsp3) is 0.909. The summed E-state index contributed by atoms with van der Waals surface area (Å²) in [7, 11) is 0. The van der Waals surface area contributed by atoms with Crippen LogP contribution in [0.25, 0.3) is 0 Å². The first-order valence-corrected chi connectivity index (χ1v) is 5.35. The highest BCUT2D eigenvalue weighted by Gasteiger charge is 2.26. The van der Waals surface area contributed by atoms with Crippen LogP contribution in [0.1, 0.15) is 39.5 Å². The highest BCUT2D eigenvalue weighted by molar-refractivity contribution is 4.92. The van der Waals surface area contributed by atoms with Gasteiger partial charge in [0.15, 0.2) is 0 Å². The molecule has 1 saturated carbocycles. The van der Waals surface area contributed by atoms with E-state index in [-0.39, 0.29) is 18.1 Å². The van der Waals surface area contributed by atoms with Crippen molar-refractivity contribution in [2.75, 3.05) is 6.61 Å². The summed E-state index contributed by atoms with van der Waals surface area (Å²) in [6, 6.07) is 2.73. The summed E-state index contributed by atoms with van der Waals surface area (Å²) in [4.78, 5) is 0. The van der Waals surface area contributed by atoms with E-state index in [1.165, 1.54) is 0 Å². The number of aliphatic hydroxyl groups excluding tert-OH is 1. The second-order valence-electron chi connectivity index (χ2n) is 4.88. The van der Waals surface area contributed by atoms with E-state index in [1.807, 2.05) is 13.8 Å². The maximum Gasteiger partial charge on any atom is 0.0656 e. The van der Waals surface area contributed by atoms with Crippen molar-refractivity contribution >= 4 is 0 Å². The Morgan fingerprint density at radius 1 is 1.50 bits per heavy atom. The Balaban J connectivity index is 2.42. The van der Waals surface area contributed by atoms with E-state index in [0.29, 0.717) is 6.04 Å². The van der Waals surface area contributed by atoms with Gasteiger partial charge in [-0.1, -0.05) is 6.42 Å². The third-order valence-corrected chi connectivity index (χ3v) is 2.85. The largest absolute Gasteiger partial charge is 0.394 e. The summed E-state index contributed by atoms with van der Waals surface area (Å²) in [6.45, 7) is 4.12. The smallest absolute Gasteiger partial charge is 0.0656 e. The number of nitrogens with one attached hydrogen (secondary N) is 1. The molecule has 0 heterocycles. The van der Waals surface area contributed by atoms with Crippen molar-refractivity contribution in [3.8, 4) is 6.07 Å². The van der Waals surface area contributed by atoms with Crippen LogP contribution in [0.2, 0.25) is 0 Å². The fourth-order valence-electron chi connectivity index (χ4n) is 2.04. The van der Waals surface area contributed by atoms with Gasteiger partial charge in [0, 0.05) is 17.5 Å². The van der Waals surface area contributed by atoms with E-state index >= 15 is 0 Å². The minimum Gasteiger partial charge on any atom is -0.394 e. The Kier molecular flexibility index (Phi) is 3.91. The van der Waals surface area contributed by atoms with Crippen molar-refractivity contribution in [3.05, 3.63) is 0 Å². The molecule has 1 rings (SSSR count). The zero-order chi connectivity index (χ0) is 10.6. The number of aliphatic hydroxyl groups is 1. The standard InChI is InChI=1S/C11H20N2O/c1-11(2,8-14)13-10-5-3-4-9(6-10)7-12/h9-10,13-14H,3-6,8H2,1-2H3. The van der Waals surface area contributed by atoms with Gasteiger partial charge < -0.3 is 10.4 Å². The summed E-state index contributed by atoms with van der Waals surface area (Å²) < 4.78 is 0. The first-order valence-electron chi connectivity index (χ1n) is 5.35. The molecule has 0 aromatic rings. The SMILES string of the molecule is CC(C)(CO)NC1CCCC(C#N)C1. The van der Waals surface area contributed by atoms with E-state index in [0.717, 1.165) is 25.7 Å². The van der Waals surface area contributed by atoms with E-state index in [1.54, 1.807) is 0 Å². The van der Waals surface area contributed by atoms with Gasteiger partial charge in [-0.25, -0.2) is 0 Å². The molecule has 14 heavy (non-hydrogen) atoms. The molecule has 1 aliphatic rings. The second kappa shape index (κ2) is 4.77. The molecule has 1 fully saturated rings. The maximum atomic E-state index is 9.12. The third-order valence-electron chi connectivity index (χ3n) is 2.85. The molecule has 0 aromatic heterocycles. The van der Waals surface area contributed by atoms with Gasteiger partial charge >= 0.3 is 0 Å². The molecule has 0 saturated heterocycles. The first kappa shape index (κ1) is 11.5. The van der Waals surface area contributed by atoms with E-state index in [9.17, 15) is 0 Å². The van der Waals surface area contributed by atoms with E-state index in [2.05, 4.69) is 11.4 Å². The topological polar surface area (TPSA) is 56.0 Å². The molecule has 1 aliphatic carbocycles. The summed E-state index contributed by atoms with van der Waals surface area (Å²) in [5, 5.41) is 21.4. The average Bonchev–Trinajstić information content (AvgIpc) is 2.17. The van der Waals surface area contributed by atoms with Crippen LogP contribution in [0, 0.1) is 17.2 Å². The summed E-state index contributed by atoms with van der Waals surface area (Å²) >= 11 is 0. The molecule has 2 atom stereocenters. The van der Waals surface area contributed by atoms with Crippen LogP contribution in [-0.4, -0.2) is 23.3 Å². The minimum atomic E-state index is -0.220. The lowest BCUT2D eigenvalue weighted by molar-refractivity contribution is 0.159. The summed E-state index contributed by atoms with van der Waals surface area (Å²) in [5.74, 6) is 0.204. The zero-order valence-electron chi connectivity index (χ0n) is 9.08. The van der Waals surface area contributed by atoms with E-state index < -0.39 is 0 Å². The van der Waals surface area contributed by atoms with Gasteiger partial charge in [-0.05, 0) is 33.1 Å². The lowest BCUT2D eigenvalue weighted by atomic mass is 9.85. The molecule has 2 unspecified atom stereocenters. The Labute approximate surface area is 86.1 Å². The number of hydrogen-bond acceptors (Lipinski definition) is 3. The van der Waals surface area contributed by atoms with Gasteiger partial charge in [0.25, 0.3) is 0 Å². The molecule has 3 nitrogen and oxygen atoms in total. The molecular formula is C11H20N2O. The molecule has 0 aromatic carbocycles. The van der Waals surface area contributed by atoms with Gasteiger partial charge in [0.1, 0.15) is 0 Å². The van der Waals surface area contributed by atoms with Crippen molar-refractivity contribution in [1.29, 1.82) is 5.26 Å². The third kappa shape index (κ3) is 3.28. The number of nitriles is 1. The predicted molar refractivity (Wildman–Crippen MR) is 55.7 cm³/mol. The highest BCUT2D eigenvalue weighted by atomic mass is 16.3. The van der Waals surface area contributed by atoms with Crippen LogP contribution in [0.4, 0.5) is 0 Å². The van der Waals surface area contributed by atoms with Crippen molar-refractivity contribution < 1.29 is 5.11 Å². The molecule has 0 amide bonds. The number of nitrogens with zero attached hydrogens (tertiary/aromatic N) is 1. The summed E-state index contributed by atoms with van der Waals surface area (Å²) in [5.41, 5.74) is -0.220. The van der Waals surface area contributed by atoms with Gasteiger partial charge in [-0.15, -0.1) is 0 Å². The molecule has 3 heteroatoms. The Morgan fingerprint density at radius 2 is 2.21 bits per heavy atom. The minimum absolute atomic E-state index is 0.140. The Bertz CT molecular complexity index is 220. The van der Waals surface area contributed by atoms with E-state index in [4.69, 9.17) is 10.4 Å². The molecular weight excluding hydrogens is 176 g/mol. The van der Waals surface area contributed by atoms with Crippen molar-refractivity contribution in [3.63, 3.8) is 0 Å². The van der Waals surface area contributed by atoms with Crippen LogP contribution in [0.5, 0.6) is 0 Å². The lowest BCUT2D eigenvalue weighted by Gasteiger charge is -2.33. The van der Waals surface area contributed by atoms with Gasteiger partial charge in [-0.2, -0.15) is 5.26 Å². The van der Waals surface area contributed by atoms with Crippen molar-refractivity contribution in [2.45, 2.75) is 51.1 Å². The molecule has 2 N–H and O–H groups in total. The van der Waals surface area contributed by atoms with Gasteiger partial charge in [0.05, 0.1) is 12.7 Å². The number of rotatable bonds is 3. The Hall–Kier alpha value is -0.590. The second-order valence-corrected chi connectivity index (χ2v) is 4.88. The predicted octanol–water partition coefficient (Wildman–Crippen LogP) is 1.43. The molecule has 0 bridgehead atoms. The van der Waals surface area contributed by atoms with Gasteiger partial charge in [-0.3, -0.25) is 0 Å². The molecule has 0 radical (unpaired) electrons. The lowest BCUT2D eigenvalue weighted by Crippen LogP contribution is -2.49. The zero-order valence-corrected chi connectivity index (χ0v) is 9.08. The van der Waals surface area contributed by atoms with Crippen LogP contribution in [0.3, 0.4) is 0 Å².